The molecule has 1 aromatic rings. The zero-order valence-electron chi connectivity index (χ0n) is 4.44. The highest BCUT2D eigenvalue weighted by Crippen LogP contribution is 1.66. The summed E-state index contributed by atoms with van der Waals surface area (Å²) in [5.74, 6) is 0. The van der Waals surface area contributed by atoms with Crippen LogP contribution in [0.4, 0.5) is 0 Å². The molecule has 1 heterocycles. The molecular weight excluding hydrogens is 147 g/mol. The number of halogens is 2. The van der Waals surface area contributed by atoms with E-state index in [1.807, 2.05) is 30.3 Å². The third kappa shape index (κ3) is 2.88. The molecule has 2 nitrogen and oxygen atoms in total. The molecule has 0 aliphatic carbocycles. The van der Waals surface area contributed by atoms with Gasteiger partial charge in [-0.3, -0.25) is 4.98 Å². The number of hydrogen-bond acceptors (Lipinski definition) is 0. The molecule has 0 bridgehead atoms. The Hall–Kier alpha value is -0.210. The van der Waals surface area contributed by atoms with E-state index in [-0.39, 0.29) is 24.8 Å². The zero-order valence-corrected chi connectivity index (χ0v) is 5.95. The number of imidazole rings is 1. The van der Waals surface area contributed by atoms with Crippen LogP contribution in [0.25, 0.3) is 0 Å². The molecule has 8 heavy (non-hydrogen) atoms. The van der Waals surface area contributed by atoms with E-state index in [0.717, 1.165) is 0 Å². The van der Waals surface area contributed by atoms with Gasteiger partial charge >= 0.3 is 0 Å². The summed E-state index contributed by atoms with van der Waals surface area (Å²) in [6.07, 6.45) is 5.69. The molecule has 0 unspecified atom stereocenters. The summed E-state index contributed by atoms with van der Waals surface area (Å²) < 4.78 is 1.94. The first-order chi connectivity index (χ1) is 2.89. The standard InChI is InChI=1S/C4H6N2.2ClH/c1-6-3-2-5-4-6;;/h2-4H,1H3;2*1H/p-1. The predicted octanol–water partition coefficient (Wildman–Crippen LogP) is -6.15. The second kappa shape index (κ2) is 4.94. The number of H-pyrrole nitrogens is 1. The van der Waals surface area contributed by atoms with Gasteiger partial charge in [-0.05, 0) is 0 Å². The average Bonchev–Trinajstić information content (AvgIpc) is 1.86. The maximum atomic E-state index is 2.89. The van der Waals surface area contributed by atoms with Crippen LogP contribution in [-0.2, 0) is 7.05 Å². The van der Waals surface area contributed by atoms with Crippen LogP contribution in [0.5, 0.6) is 0 Å². The van der Waals surface area contributed by atoms with Crippen LogP contribution in [0.1, 0.15) is 0 Å². The van der Waals surface area contributed by atoms with Crippen molar-refractivity contribution in [2.45, 2.75) is 0 Å². The number of aromatic amines is 1. The maximum absolute atomic E-state index is 2.89. The molecule has 0 radical (unpaired) electrons. The Kier molecular flexibility index (Phi) is 6.61. The van der Waals surface area contributed by atoms with Crippen molar-refractivity contribution >= 4 is 0 Å². The molecule has 0 spiro atoms. The van der Waals surface area contributed by atoms with Gasteiger partial charge in [0.25, 0.3) is 0 Å². The van der Waals surface area contributed by atoms with Crippen molar-refractivity contribution in [2.75, 3.05) is 0 Å². The molecule has 0 aliphatic heterocycles. The lowest BCUT2D eigenvalue weighted by Crippen LogP contribution is -3.00. The number of rotatable bonds is 0. The second-order valence-electron chi connectivity index (χ2n) is 1.28. The highest BCUT2D eigenvalue weighted by Gasteiger charge is 1.78. The van der Waals surface area contributed by atoms with Crippen molar-refractivity contribution < 1.29 is 29.8 Å². The first-order valence-electron chi connectivity index (χ1n) is 1.87. The van der Waals surface area contributed by atoms with Gasteiger partial charge in [0.2, 0.25) is 6.33 Å². The van der Waals surface area contributed by atoms with Gasteiger partial charge in [-0.2, -0.15) is 0 Å². The lowest BCUT2D eigenvalue weighted by atomic mass is 10.9. The second-order valence-corrected chi connectivity index (χ2v) is 1.28. The number of aromatic nitrogens is 2. The van der Waals surface area contributed by atoms with Crippen LogP contribution < -0.4 is 29.8 Å². The van der Waals surface area contributed by atoms with Gasteiger partial charge < -0.3 is 24.8 Å². The molecule has 1 aromatic heterocycles. The summed E-state index contributed by atoms with van der Waals surface area (Å²) in [6, 6.07) is 0. The third-order valence-corrected chi connectivity index (χ3v) is 0.684. The number of hydrogen-bond donors (Lipinski definition) is 0. The van der Waals surface area contributed by atoms with Crippen LogP contribution in [0.3, 0.4) is 0 Å². The van der Waals surface area contributed by atoms with Gasteiger partial charge in [0.15, 0.2) is 0 Å². The molecule has 0 aliphatic rings. The van der Waals surface area contributed by atoms with Crippen molar-refractivity contribution in [3.8, 4) is 0 Å². The summed E-state index contributed by atoms with van der Waals surface area (Å²) in [4.78, 5) is 2.89. The normalized spacial score (nSPS) is 6.62. The molecule has 0 amide bonds. The topological polar surface area (TPSA) is 19.1 Å². The summed E-state index contributed by atoms with van der Waals surface area (Å²) in [6.45, 7) is 0. The van der Waals surface area contributed by atoms with Crippen molar-refractivity contribution in [3.05, 3.63) is 18.7 Å². The minimum absolute atomic E-state index is 0. The fraction of sp³-hybridized carbons (Fsp3) is 0.250. The Labute approximate surface area is 60.7 Å². The molecule has 4 heteroatoms. The van der Waals surface area contributed by atoms with Crippen LogP contribution >= 0.6 is 0 Å². The highest BCUT2D eigenvalue weighted by atomic mass is 35.5. The van der Waals surface area contributed by atoms with E-state index in [0.29, 0.717) is 0 Å². The minimum atomic E-state index is 0. The van der Waals surface area contributed by atoms with Gasteiger partial charge in [-0.15, -0.1) is 0 Å². The van der Waals surface area contributed by atoms with Crippen LogP contribution in [-0.4, -0.2) is 4.57 Å². The van der Waals surface area contributed by atoms with E-state index in [4.69, 9.17) is 0 Å². The van der Waals surface area contributed by atoms with Crippen LogP contribution in [0, 0.1) is 0 Å². The molecule has 1 rings (SSSR count). The molecule has 0 saturated carbocycles. The smallest absolute Gasteiger partial charge is 0.241 e. The molecule has 0 aromatic carbocycles. The first-order valence-corrected chi connectivity index (χ1v) is 1.87. The van der Waals surface area contributed by atoms with Crippen molar-refractivity contribution in [1.29, 1.82) is 0 Å². The lowest BCUT2D eigenvalue weighted by molar-refractivity contribution is -0.377. The Morgan fingerprint density at radius 3 is 2.12 bits per heavy atom. The number of nitrogens with one attached hydrogen (secondary N) is 1. The third-order valence-electron chi connectivity index (χ3n) is 0.684. The molecule has 0 atom stereocenters. The van der Waals surface area contributed by atoms with E-state index >= 15 is 0 Å². The molecule has 48 valence electrons. The molecule has 0 saturated heterocycles. The Balaban J connectivity index is 0. The largest absolute Gasteiger partial charge is 1.00 e. The average molecular weight is 154 g/mol. The van der Waals surface area contributed by atoms with Gasteiger partial charge in [-0.1, -0.05) is 0 Å². The van der Waals surface area contributed by atoms with Crippen LogP contribution in [0.2, 0.25) is 0 Å². The molecule has 1 N–H and O–H groups in total. The number of aryl methyl sites for hydroxylation is 1. The summed E-state index contributed by atoms with van der Waals surface area (Å²) >= 11 is 0. The van der Waals surface area contributed by atoms with Crippen LogP contribution in [0.15, 0.2) is 18.7 Å². The zero-order chi connectivity index (χ0) is 4.41. The predicted molar refractivity (Wildman–Crippen MR) is 22.0 cm³/mol. The Bertz CT molecular complexity index is 116. The van der Waals surface area contributed by atoms with E-state index in [1.165, 1.54) is 0 Å². The first kappa shape index (κ1) is 10.7. The SMILES string of the molecule is Cn1cc[nH+]c1.[Cl-].[Cl-]. The van der Waals surface area contributed by atoms with Crippen molar-refractivity contribution in [1.82, 2.24) is 4.57 Å². The van der Waals surface area contributed by atoms with E-state index in [9.17, 15) is 0 Å². The summed E-state index contributed by atoms with van der Waals surface area (Å²) in [7, 11) is 1.97. The summed E-state index contributed by atoms with van der Waals surface area (Å²) in [5, 5.41) is 0. The van der Waals surface area contributed by atoms with Crippen molar-refractivity contribution in [3.63, 3.8) is 0 Å². The molecule has 0 fully saturated rings. The van der Waals surface area contributed by atoms with E-state index < -0.39 is 0 Å². The highest BCUT2D eigenvalue weighted by molar-refractivity contribution is 4.59. The fourth-order valence-electron chi connectivity index (χ4n) is 0.364. The van der Waals surface area contributed by atoms with Gasteiger partial charge in [0.1, 0.15) is 12.4 Å². The van der Waals surface area contributed by atoms with Gasteiger partial charge in [0, 0.05) is 0 Å². The van der Waals surface area contributed by atoms with E-state index in [2.05, 4.69) is 4.98 Å². The van der Waals surface area contributed by atoms with Gasteiger partial charge in [-0.25, -0.2) is 4.57 Å². The van der Waals surface area contributed by atoms with Crippen molar-refractivity contribution in [2.24, 2.45) is 7.05 Å². The number of nitrogens with zero attached hydrogens (tertiary/aromatic N) is 1. The Morgan fingerprint density at radius 2 is 2.00 bits per heavy atom. The quantitative estimate of drug-likeness (QED) is 0.354. The fourth-order valence-corrected chi connectivity index (χ4v) is 0.364. The minimum Gasteiger partial charge on any atom is -1.00 e. The maximum Gasteiger partial charge on any atom is 0.241 e. The van der Waals surface area contributed by atoms with Gasteiger partial charge in [0.05, 0.1) is 7.05 Å². The molecular formula is C4H7Cl2N2-. The Morgan fingerprint density at radius 1 is 1.38 bits per heavy atom. The lowest BCUT2D eigenvalue weighted by Gasteiger charge is -1.66. The van der Waals surface area contributed by atoms with E-state index in [1.54, 1.807) is 0 Å². The monoisotopic (exact) mass is 153 g/mol. The summed E-state index contributed by atoms with van der Waals surface area (Å²) in [5.41, 5.74) is 0.